The summed E-state index contributed by atoms with van der Waals surface area (Å²) in [4.78, 5) is 12.0. The highest BCUT2D eigenvalue weighted by Gasteiger charge is 2.21. The highest BCUT2D eigenvalue weighted by Crippen LogP contribution is 2.36. The summed E-state index contributed by atoms with van der Waals surface area (Å²) >= 11 is 0. The maximum atomic E-state index is 13.7. The molecule has 2 nitrogen and oxygen atoms in total. The molecule has 0 aliphatic rings. The van der Waals surface area contributed by atoms with Crippen molar-refractivity contribution in [2.75, 3.05) is 0 Å². The van der Waals surface area contributed by atoms with Gasteiger partial charge in [0.1, 0.15) is 5.82 Å². The van der Waals surface area contributed by atoms with Crippen LogP contribution in [0.3, 0.4) is 0 Å². The quantitative estimate of drug-likeness (QED) is 0.601. The monoisotopic (exact) mass is 348 g/mol. The van der Waals surface area contributed by atoms with Gasteiger partial charge in [-0.1, -0.05) is 50.2 Å². The summed E-state index contributed by atoms with van der Waals surface area (Å²) in [6.07, 6.45) is 0. The third kappa shape index (κ3) is 3.38. The van der Waals surface area contributed by atoms with Crippen molar-refractivity contribution in [3.05, 3.63) is 83.2 Å². The molecule has 3 aromatic carbocycles. The van der Waals surface area contributed by atoms with Crippen LogP contribution in [-0.4, -0.2) is 11.1 Å². The van der Waals surface area contributed by atoms with Gasteiger partial charge in [0, 0.05) is 0 Å². The van der Waals surface area contributed by atoms with Crippen LogP contribution in [0.2, 0.25) is 0 Å². The number of halogens is 1. The molecule has 3 aromatic rings. The first-order valence-electron chi connectivity index (χ1n) is 8.61. The summed E-state index contributed by atoms with van der Waals surface area (Å²) in [6.45, 7) is 5.65. The van der Waals surface area contributed by atoms with Crippen LogP contribution in [0.5, 0.6) is 0 Å². The van der Waals surface area contributed by atoms with E-state index in [0.717, 1.165) is 16.7 Å². The first kappa shape index (κ1) is 17.9. The van der Waals surface area contributed by atoms with E-state index in [-0.39, 0.29) is 17.3 Å². The van der Waals surface area contributed by atoms with Crippen molar-refractivity contribution in [1.29, 1.82) is 0 Å². The second kappa shape index (κ2) is 7.12. The van der Waals surface area contributed by atoms with Gasteiger partial charge in [0.25, 0.3) is 0 Å². The van der Waals surface area contributed by atoms with Crippen LogP contribution in [0.4, 0.5) is 4.39 Å². The number of carboxylic acids is 1. The molecule has 0 amide bonds. The Morgan fingerprint density at radius 3 is 2.19 bits per heavy atom. The van der Waals surface area contributed by atoms with Crippen LogP contribution in [0.25, 0.3) is 22.3 Å². The van der Waals surface area contributed by atoms with Crippen molar-refractivity contribution in [2.24, 2.45) is 0 Å². The smallest absolute Gasteiger partial charge is 0.336 e. The third-order valence-electron chi connectivity index (χ3n) is 4.58. The zero-order chi connectivity index (χ0) is 18.8. The lowest BCUT2D eigenvalue weighted by Gasteiger charge is -2.18. The van der Waals surface area contributed by atoms with Gasteiger partial charge >= 0.3 is 5.97 Å². The van der Waals surface area contributed by atoms with E-state index in [9.17, 15) is 14.3 Å². The predicted molar refractivity (Wildman–Crippen MR) is 103 cm³/mol. The van der Waals surface area contributed by atoms with Crippen molar-refractivity contribution >= 4 is 5.97 Å². The van der Waals surface area contributed by atoms with Crippen LogP contribution in [0.1, 0.15) is 41.3 Å². The van der Waals surface area contributed by atoms with Crippen molar-refractivity contribution in [3.8, 4) is 22.3 Å². The Labute approximate surface area is 152 Å². The van der Waals surface area contributed by atoms with Gasteiger partial charge in [-0.25, -0.2) is 9.18 Å². The number of hydrogen-bond donors (Lipinski definition) is 1. The molecular weight excluding hydrogens is 327 g/mol. The van der Waals surface area contributed by atoms with Crippen LogP contribution in [-0.2, 0) is 0 Å². The molecule has 132 valence electrons. The molecule has 3 rings (SSSR count). The van der Waals surface area contributed by atoms with Crippen LogP contribution in [0.15, 0.2) is 60.7 Å². The Morgan fingerprint density at radius 1 is 0.923 bits per heavy atom. The lowest BCUT2D eigenvalue weighted by Crippen LogP contribution is -2.07. The molecule has 0 fully saturated rings. The molecule has 3 heteroatoms. The van der Waals surface area contributed by atoms with Gasteiger partial charge in [-0.15, -0.1) is 0 Å². The topological polar surface area (TPSA) is 37.3 Å². The summed E-state index contributed by atoms with van der Waals surface area (Å²) in [5, 5.41) is 9.87. The van der Waals surface area contributed by atoms with Crippen LogP contribution in [0, 0.1) is 12.7 Å². The first-order chi connectivity index (χ1) is 12.4. The van der Waals surface area contributed by atoms with Crippen molar-refractivity contribution in [2.45, 2.75) is 26.7 Å². The lowest BCUT2D eigenvalue weighted by atomic mass is 9.86. The molecule has 0 unspecified atom stereocenters. The van der Waals surface area contributed by atoms with Gasteiger partial charge in [0.15, 0.2) is 0 Å². The standard InChI is InChI=1S/C23H21FO2/c1-14(2)19-12-18(16-7-5-4-6-8-16)13-20(22(19)23(25)26)17-9-10-21(24)15(3)11-17/h4-14H,1-3H3,(H,25,26). The second-order valence-electron chi connectivity index (χ2n) is 6.78. The molecule has 0 atom stereocenters. The minimum Gasteiger partial charge on any atom is -0.478 e. The molecule has 0 heterocycles. The Morgan fingerprint density at radius 2 is 1.62 bits per heavy atom. The summed E-state index contributed by atoms with van der Waals surface area (Å²) in [7, 11) is 0. The number of aromatic carboxylic acids is 1. The molecular formula is C23H21FO2. The number of carbonyl (C=O) groups is 1. The molecule has 0 aliphatic carbocycles. The zero-order valence-electron chi connectivity index (χ0n) is 15.1. The Kier molecular flexibility index (Phi) is 4.90. The highest BCUT2D eigenvalue weighted by atomic mass is 19.1. The highest BCUT2D eigenvalue weighted by molar-refractivity contribution is 5.99. The average molecular weight is 348 g/mol. The van der Waals surface area contributed by atoms with Gasteiger partial charge in [-0.2, -0.15) is 0 Å². The fourth-order valence-electron chi connectivity index (χ4n) is 3.20. The van der Waals surface area contributed by atoms with Crippen molar-refractivity contribution in [3.63, 3.8) is 0 Å². The number of benzene rings is 3. The van der Waals surface area contributed by atoms with Crippen LogP contribution < -0.4 is 0 Å². The van der Waals surface area contributed by atoms with Gasteiger partial charge in [0.05, 0.1) is 5.56 Å². The summed E-state index contributed by atoms with van der Waals surface area (Å²) in [6, 6.07) is 18.4. The number of rotatable bonds is 4. The molecule has 1 N–H and O–H groups in total. The molecule has 0 radical (unpaired) electrons. The van der Waals surface area contributed by atoms with E-state index in [4.69, 9.17) is 0 Å². The zero-order valence-corrected chi connectivity index (χ0v) is 15.1. The number of carboxylic acid groups (broad SMARTS) is 1. The average Bonchev–Trinajstić information content (AvgIpc) is 2.63. The number of aryl methyl sites for hydroxylation is 1. The Balaban J connectivity index is 2.34. The third-order valence-corrected chi connectivity index (χ3v) is 4.58. The van der Waals surface area contributed by atoms with E-state index < -0.39 is 5.97 Å². The van der Waals surface area contributed by atoms with E-state index in [1.54, 1.807) is 19.1 Å². The van der Waals surface area contributed by atoms with Gasteiger partial charge in [-0.05, 0) is 70.5 Å². The molecule has 0 saturated carbocycles. The van der Waals surface area contributed by atoms with Gasteiger partial charge in [0.2, 0.25) is 0 Å². The summed E-state index contributed by atoms with van der Waals surface area (Å²) in [5.41, 5.74) is 4.85. The fraction of sp³-hybridized carbons (Fsp3) is 0.174. The summed E-state index contributed by atoms with van der Waals surface area (Å²) < 4.78 is 13.7. The minimum atomic E-state index is -0.967. The summed E-state index contributed by atoms with van der Waals surface area (Å²) in [5.74, 6) is -1.22. The first-order valence-corrected chi connectivity index (χ1v) is 8.61. The Hall–Kier alpha value is -2.94. The van der Waals surface area contributed by atoms with Gasteiger partial charge < -0.3 is 5.11 Å². The maximum Gasteiger partial charge on any atom is 0.336 e. The van der Waals surface area contributed by atoms with E-state index in [1.165, 1.54) is 6.07 Å². The Bertz CT molecular complexity index is 959. The SMILES string of the molecule is Cc1cc(-c2cc(-c3ccccc3)cc(C(C)C)c2C(=O)O)ccc1F. The molecule has 0 spiro atoms. The molecule has 0 aromatic heterocycles. The fourth-order valence-corrected chi connectivity index (χ4v) is 3.20. The van der Waals surface area contributed by atoms with E-state index >= 15 is 0 Å². The molecule has 0 bridgehead atoms. The van der Waals surface area contributed by atoms with Crippen molar-refractivity contribution in [1.82, 2.24) is 0 Å². The maximum absolute atomic E-state index is 13.7. The molecule has 0 aliphatic heterocycles. The molecule has 0 saturated heterocycles. The van der Waals surface area contributed by atoms with Gasteiger partial charge in [-0.3, -0.25) is 0 Å². The van der Waals surface area contributed by atoms with E-state index in [0.29, 0.717) is 16.7 Å². The number of hydrogen-bond acceptors (Lipinski definition) is 1. The normalized spacial score (nSPS) is 11.0. The molecule has 26 heavy (non-hydrogen) atoms. The second-order valence-corrected chi connectivity index (χ2v) is 6.78. The predicted octanol–water partition coefficient (Wildman–Crippen LogP) is 6.29. The minimum absolute atomic E-state index is 0.0463. The van der Waals surface area contributed by atoms with Crippen LogP contribution >= 0.6 is 0 Å². The largest absolute Gasteiger partial charge is 0.478 e. The van der Waals surface area contributed by atoms with E-state index in [1.807, 2.05) is 56.3 Å². The van der Waals surface area contributed by atoms with E-state index in [2.05, 4.69) is 0 Å². The van der Waals surface area contributed by atoms with Crippen molar-refractivity contribution < 1.29 is 14.3 Å². The lowest BCUT2D eigenvalue weighted by molar-refractivity contribution is 0.0696.